The molecular weight excluding hydrogens is 282 g/mol. The van der Waals surface area contributed by atoms with E-state index in [-0.39, 0.29) is 18.5 Å². The smallest absolute Gasteiger partial charge is 0.321 e. The number of amides is 3. The highest BCUT2D eigenvalue weighted by Crippen LogP contribution is 2.10. The molecule has 0 heterocycles. The Hall–Kier alpha value is -2.34. The normalized spacial score (nSPS) is 9.91. The summed E-state index contributed by atoms with van der Waals surface area (Å²) in [7, 11) is 0. The Balaban J connectivity index is 2.64. The first-order valence-electron chi connectivity index (χ1n) is 7.28. The van der Waals surface area contributed by atoms with Gasteiger partial charge in [0.05, 0.1) is 6.61 Å². The van der Waals surface area contributed by atoms with Gasteiger partial charge in [-0.25, -0.2) is 4.79 Å². The second-order valence-electron chi connectivity index (χ2n) is 4.72. The van der Waals surface area contributed by atoms with Gasteiger partial charge in [-0.05, 0) is 30.7 Å². The summed E-state index contributed by atoms with van der Waals surface area (Å²) in [6, 6.07) is 6.36. The van der Waals surface area contributed by atoms with Crippen molar-refractivity contribution in [1.82, 2.24) is 10.2 Å². The number of rotatable bonds is 8. The van der Waals surface area contributed by atoms with Crippen molar-refractivity contribution in [1.29, 1.82) is 0 Å². The molecule has 3 amide bonds. The highest BCUT2D eigenvalue weighted by atomic mass is 16.3. The summed E-state index contributed by atoms with van der Waals surface area (Å²) in [5, 5.41) is 14.4. The molecule has 1 aromatic carbocycles. The summed E-state index contributed by atoms with van der Waals surface area (Å²) in [4.78, 5) is 25.3. The average Bonchev–Trinajstić information content (AvgIpc) is 2.53. The van der Waals surface area contributed by atoms with E-state index in [9.17, 15) is 9.59 Å². The topological polar surface area (TPSA) is 81.7 Å². The minimum atomic E-state index is -0.264. The van der Waals surface area contributed by atoms with Crippen LogP contribution in [0.1, 0.15) is 23.7 Å². The summed E-state index contributed by atoms with van der Waals surface area (Å²) in [5.41, 5.74) is 1.12. The molecule has 0 fully saturated rings. The number of nitrogens with one attached hydrogen (secondary N) is 2. The highest BCUT2D eigenvalue weighted by Gasteiger charge is 2.12. The summed E-state index contributed by atoms with van der Waals surface area (Å²) < 4.78 is 0. The molecule has 0 spiro atoms. The van der Waals surface area contributed by atoms with E-state index >= 15 is 0 Å². The lowest BCUT2D eigenvalue weighted by molar-refractivity contribution is 0.0958. The van der Waals surface area contributed by atoms with Crippen LogP contribution in [0.5, 0.6) is 0 Å². The number of hydrogen-bond acceptors (Lipinski definition) is 3. The summed E-state index contributed by atoms with van der Waals surface area (Å²) >= 11 is 0. The predicted molar refractivity (Wildman–Crippen MR) is 86.9 cm³/mol. The molecule has 0 bridgehead atoms. The molecule has 120 valence electrons. The molecule has 0 aromatic heterocycles. The molecule has 0 radical (unpaired) electrons. The van der Waals surface area contributed by atoms with Crippen molar-refractivity contribution < 1.29 is 14.7 Å². The summed E-state index contributed by atoms with van der Waals surface area (Å²) in [5.74, 6) is -0.189. The van der Waals surface area contributed by atoms with Crippen LogP contribution >= 0.6 is 0 Å². The SMILES string of the molecule is C=CCNC(=O)c1ccc(NC(=O)N(CCC)CCO)cc1. The minimum Gasteiger partial charge on any atom is -0.395 e. The van der Waals surface area contributed by atoms with E-state index in [4.69, 9.17) is 5.11 Å². The number of urea groups is 1. The van der Waals surface area contributed by atoms with Gasteiger partial charge in [-0.1, -0.05) is 13.0 Å². The first-order valence-corrected chi connectivity index (χ1v) is 7.28. The maximum atomic E-state index is 12.1. The van der Waals surface area contributed by atoms with Gasteiger partial charge in [0, 0.05) is 30.9 Å². The van der Waals surface area contributed by atoms with Gasteiger partial charge in [0.25, 0.3) is 5.91 Å². The monoisotopic (exact) mass is 305 g/mol. The number of carbonyl (C=O) groups excluding carboxylic acids is 2. The number of anilines is 1. The fourth-order valence-corrected chi connectivity index (χ4v) is 1.88. The zero-order valence-corrected chi connectivity index (χ0v) is 12.8. The van der Waals surface area contributed by atoms with Crippen molar-refractivity contribution in [2.45, 2.75) is 13.3 Å². The van der Waals surface area contributed by atoms with Crippen LogP contribution in [0, 0.1) is 0 Å². The molecule has 3 N–H and O–H groups in total. The van der Waals surface area contributed by atoms with Gasteiger partial charge in [0.2, 0.25) is 0 Å². The number of carbonyl (C=O) groups is 2. The third-order valence-electron chi connectivity index (χ3n) is 2.96. The van der Waals surface area contributed by atoms with Crippen LogP contribution < -0.4 is 10.6 Å². The molecule has 0 saturated heterocycles. The Morgan fingerprint density at radius 2 is 1.95 bits per heavy atom. The van der Waals surface area contributed by atoms with Crippen LogP contribution in [-0.2, 0) is 0 Å². The van der Waals surface area contributed by atoms with E-state index in [2.05, 4.69) is 17.2 Å². The van der Waals surface area contributed by atoms with Gasteiger partial charge in [0.15, 0.2) is 0 Å². The predicted octanol–water partition coefficient (Wildman–Crippen LogP) is 1.84. The third kappa shape index (κ3) is 5.57. The summed E-state index contributed by atoms with van der Waals surface area (Å²) in [6.45, 7) is 6.71. The quantitative estimate of drug-likeness (QED) is 0.641. The first kappa shape index (κ1) is 17.7. The van der Waals surface area contributed by atoms with E-state index in [1.165, 1.54) is 0 Å². The number of nitrogens with zero attached hydrogens (tertiary/aromatic N) is 1. The van der Waals surface area contributed by atoms with Crippen molar-refractivity contribution in [2.24, 2.45) is 0 Å². The number of hydrogen-bond donors (Lipinski definition) is 3. The Morgan fingerprint density at radius 1 is 1.27 bits per heavy atom. The second kappa shape index (κ2) is 9.57. The van der Waals surface area contributed by atoms with Gasteiger partial charge >= 0.3 is 6.03 Å². The van der Waals surface area contributed by atoms with Crippen LogP contribution in [0.25, 0.3) is 0 Å². The number of benzene rings is 1. The van der Waals surface area contributed by atoms with E-state index in [0.29, 0.717) is 30.9 Å². The third-order valence-corrected chi connectivity index (χ3v) is 2.96. The van der Waals surface area contributed by atoms with Crippen molar-refractivity contribution >= 4 is 17.6 Å². The number of aliphatic hydroxyl groups is 1. The molecule has 6 nitrogen and oxygen atoms in total. The Labute approximate surface area is 130 Å². The Morgan fingerprint density at radius 3 is 2.50 bits per heavy atom. The molecule has 0 aliphatic rings. The van der Waals surface area contributed by atoms with Crippen LogP contribution in [0.15, 0.2) is 36.9 Å². The van der Waals surface area contributed by atoms with E-state index in [0.717, 1.165) is 6.42 Å². The van der Waals surface area contributed by atoms with Crippen molar-refractivity contribution in [2.75, 3.05) is 31.6 Å². The van der Waals surface area contributed by atoms with Gasteiger partial charge in [0.1, 0.15) is 0 Å². The van der Waals surface area contributed by atoms with Crippen molar-refractivity contribution in [3.8, 4) is 0 Å². The van der Waals surface area contributed by atoms with E-state index < -0.39 is 0 Å². The van der Waals surface area contributed by atoms with Gasteiger partial charge in [-0.15, -0.1) is 6.58 Å². The lowest BCUT2D eigenvalue weighted by Gasteiger charge is -2.21. The number of aliphatic hydroxyl groups excluding tert-OH is 1. The molecule has 0 aliphatic carbocycles. The van der Waals surface area contributed by atoms with Crippen LogP contribution in [0.4, 0.5) is 10.5 Å². The first-order chi connectivity index (χ1) is 10.6. The maximum Gasteiger partial charge on any atom is 0.321 e. The maximum absolute atomic E-state index is 12.1. The summed E-state index contributed by atoms with van der Waals surface area (Å²) in [6.07, 6.45) is 2.42. The standard InChI is InChI=1S/C16H23N3O3/c1-3-9-17-15(21)13-5-7-14(8-6-13)18-16(22)19(10-4-2)11-12-20/h3,5-8,20H,1,4,9-12H2,2H3,(H,17,21)(H,18,22). The molecule has 0 unspecified atom stereocenters. The lowest BCUT2D eigenvalue weighted by atomic mass is 10.2. The molecule has 22 heavy (non-hydrogen) atoms. The zero-order valence-electron chi connectivity index (χ0n) is 12.8. The van der Waals surface area contributed by atoms with Crippen LogP contribution in [0.2, 0.25) is 0 Å². The average molecular weight is 305 g/mol. The molecule has 0 atom stereocenters. The zero-order chi connectivity index (χ0) is 16.4. The van der Waals surface area contributed by atoms with Gasteiger partial charge in [-0.2, -0.15) is 0 Å². The second-order valence-corrected chi connectivity index (χ2v) is 4.72. The Bertz CT molecular complexity index is 494. The fraction of sp³-hybridized carbons (Fsp3) is 0.375. The molecular formula is C16H23N3O3. The van der Waals surface area contributed by atoms with Crippen molar-refractivity contribution in [3.05, 3.63) is 42.5 Å². The Kier molecular flexibility index (Phi) is 7.70. The lowest BCUT2D eigenvalue weighted by Crippen LogP contribution is -2.37. The van der Waals surface area contributed by atoms with Crippen LogP contribution in [0.3, 0.4) is 0 Å². The van der Waals surface area contributed by atoms with Gasteiger partial charge < -0.3 is 20.6 Å². The van der Waals surface area contributed by atoms with E-state index in [1.54, 1.807) is 35.2 Å². The molecule has 1 aromatic rings. The molecule has 1 rings (SSSR count). The van der Waals surface area contributed by atoms with Gasteiger partial charge in [-0.3, -0.25) is 4.79 Å². The largest absolute Gasteiger partial charge is 0.395 e. The minimum absolute atomic E-state index is 0.0736. The van der Waals surface area contributed by atoms with Crippen molar-refractivity contribution in [3.63, 3.8) is 0 Å². The van der Waals surface area contributed by atoms with E-state index in [1.807, 2.05) is 6.92 Å². The molecule has 6 heteroatoms. The highest BCUT2D eigenvalue weighted by molar-refractivity contribution is 5.95. The fourth-order valence-electron chi connectivity index (χ4n) is 1.88. The van der Waals surface area contributed by atoms with Crippen LogP contribution in [-0.4, -0.2) is 48.2 Å². The molecule has 0 saturated carbocycles. The molecule has 0 aliphatic heterocycles.